The molecular formula is C17H24FNO5. The fourth-order valence-electron chi connectivity index (χ4n) is 1.77. The Balaban J connectivity index is 2.77. The van der Waals surface area contributed by atoms with E-state index in [1.807, 2.05) is 0 Å². The Kier molecular flexibility index (Phi) is 6.17. The van der Waals surface area contributed by atoms with Crippen molar-refractivity contribution in [3.8, 4) is 5.75 Å². The highest BCUT2D eigenvalue weighted by Crippen LogP contribution is 2.22. The highest BCUT2D eigenvalue weighted by Gasteiger charge is 2.26. The predicted molar refractivity (Wildman–Crippen MR) is 86.7 cm³/mol. The lowest BCUT2D eigenvalue weighted by molar-refractivity contribution is 0.0436. The number of hydrogen-bond donors (Lipinski definition) is 1. The largest absolute Gasteiger partial charge is 0.490 e. The van der Waals surface area contributed by atoms with E-state index < -0.39 is 29.0 Å². The monoisotopic (exact) mass is 341 g/mol. The van der Waals surface area contributed by atoms with E-state index in [4.69, 9.17) is 9.47 Å². The summed E-state index contributed by atoms with van der Waals surface area (Å²) in [6.45, 7) is 8.80. The van der Waals surface area contributed by atoms with Crippen molar-refractivity contribution in [1.29, 1.82) is 0 Å². The van der Waals surface area contributed by atoms with Crippen LogP contribution in [0, 0.1) is 5.82 Å². The van der Waals surface area contributed by atoms with E-state index in [1.54, 1.807) is 34.6 Å². The van der Waals surface area contributed by atoms with Gasteiger partial charge in [-0.25, -0.2) is 14.0 Å². The number of nitrogens with one attached hydrogen (secondary N) is 1. The van der Waals surface area contributed by atoms with Crippen LogP contribution >= 0.6 is 0 Å². The number of esters is 1. The van der Waals surface area contributed by atoms with Gasteiger partial charge in [-0.15, -0.1) is 0 Å². The molecule has 0 unspecified atom stereocenters. The molecule has 0 saturated heterocycles. The number of halogens is 1. The van der Waals surface area contributed by atoms with Crippen LogP contribution in [0.1, 0.15) is 45.0 Å². The van der Waals surface area contributed by atoms with Gasteiger partial charge in [0, 0.05) is 0 Å². The lowest BCUT2D eigenvalue weighted by atomic mass is 10.1. The molecule has 0 aliphatic heterocycles. The lowest BCUT2D eigenvalue weighted by Gasteiger charge is -2.28. The smallest absolute Gasteiger partial charge is 0.408 e. The van der Waals surface area contributed by atoms with Gasteiger partial charge < -0.3 is 19.5 Å². The van der Waals surface area contributed by atoms with Gasteiger partial charge in [0.2, 0.25) is 0 Å². The van der Waals surface area contributed by atoms with Crippen LogP contribution in [-0.4, -0.2) is 36.9 Å². The van der Waals surface area contributed by atoms with Crippen molar-refractivity contribution in [2.45, 2.75) is 45.8 Å². The maximum absolute atomic E-state index is 13.3. The van der Waals surface area contributed by atoms with Gasteiger partial charge >= 0.3 is 12.1 Å². The molecule has 1 aromatic carbocycles. The summed E-state index contributed by atoms with van der Waals surface area (Å²) >= 11 is 0. The van der Waals surface area contributed by atoms with Gasteiger partial charge in [0.15, 0.2) is 0 Å². The number of amides is 1. The zero-order valence-electron chi connectivity index (χ0n) is 14.9. The summed E-state index contributed by atoms with van der Waals surface area (Å²) in [5, 5.41) is 2.68. The Labute approximate surface area is 141 Å². The van der Waals surface area contributed by atoms with Gasteiger partial charge in [0.25, 0.3) is 0 Å². The second kappa shape index (κ2) is 7.51. The lowest BCUT2D eigenvalue weighted by Crippen LogP contribution is -2.49. The van der Waals surface area contributed by atoms with Crippen LogP contribution in [0.3, 0.4) is 0 Å². The first kappa shape index (κ1) is 19.7. The minimum atomic E-state index is -0.774. The third-order valence-corrected chi connectivity index (χ3v) is 2.77. The minimum absolute atomic E-state index is 0.0226. The number of carbonyl (C=O) groups excluding carboxylic acids is 2. The zero-order chi connectivity index (χ0) is 18.5. The molecule has 6 nitrogen and oxygen atoms in total. The van der Waals surface area contributed by atoms with Crippen molar-refractivity contribution in [2.24, 2.45) is 0 Å². The topological polar surface area (TPSA) is 73.9 Å². The van der Waals surface area contributed by atoms with E-state index in [1.165, 1.54) is 19.2 Å². The van der Waals surface area contributed by atoms with Gasteiger partial charge in [-0.3, -0.25) is 0 Å². The standard InChI is InChI=1S/C17H24FNO5/c1-16(2,3)24-15(21)19-17(4,5)10-23-13-8-7-11(18)9-12(13)14(20)22-6/h7-9H,10H2,1-6H3,(H,19,21). The summed E-state index contributed by atoms with van der Waals surface area (Å²) in [7, 11) is 1.20. The number of alkyl carbamates (subject to hydrolysis) is 1. The minimum Gasteiger partial charge on any atom is -0.490 e. The highest BCUT2D eigenvalue weighted by molar-refractivity contribution is 5.92. The Morgan fingerprint density at radius 3 is 2.33 bits per heavy atom. The fraction of sp³-hybridized carbons (Fsp3) is 0.529. The maximum Gasteiger partial charge on any atom is 0.408 e. The van der Waals surface area contributed by atoms with Gasteiger partial charge in [-0.05, 0) is 52.8 Å². The molecule has 1 rings (SSSR count). The third-order valence-electron chi connectivity index (χ3n) is 2.77. The first-order valence-corrected chi connectivity index (χ1v) is 7.45. The van der Waals surface area contributed by atoms with Crippen molar-refractivity contribution in [3.05, 3.63) is 29.6 Å². The molecule has 0 bridgehead atoms. The van der Waals surface area contributed by atoms with Crippen molar-refractivity contribution in [1.82, 2.24) is 5.32 Å². The molecule has 0 spiro atoms. The van der Waals surface area contributed by atoms with Gasteiger partial charge in [0.05, 0.1) is 12.6 Å². The molecule has 7 heteroatoms. The predicted octanol–water partition coefficient (Wildman–Crippen LogP) is 3.29. The van der Waals surface area contributed by atoms with E-state index in [0.717, 1.165) is 6.07 Å². The molecule has 0 atom stereocenters. The van der Waals surface area contributed by atoms with E-state index in [9.17, 15) is 14.0 Å². The summed E-state index contributed by atoms with van der Waals surface area (Å²) < 4.78 is 28.7. The number of methoxy groups -OCH3 is 1. The highest BCUT2D eigenvalue weighted by atomic mass is 19.1. The van der Waals surface area contributed by atoms with Crippen molar-refractivity contribution >= 4 is 12.1 Å². The van der Waals surface area contributed by atoms with Crippen LogP contribution < -0.4 is 10.1 Å². The molecule has 0 fully saturated rings. The second-order valence-electron chi connectivity index (χ2n) is 6.93. The first-order valence-electron chi connectivity index (χ1n) is 7.45. The van der Waals surface area contributed by atoms with Crippen molar-refractivity contribution in [3.63, 3.8) is 0 Å². The maximum atomic E-state index is 13.3. The van der Waals surface area contributed by atoms with Crippen LogP contribution in [-0.2, 0) is 9.47 Å². The second-order valence-corrected chi connectivity index (χ2v) is 6.93. The molecule has 1 N–H and O–H groups in total. The van der Waals surface area contributed by atoms with Gasteiger partial charge in [-0.1, -0.05) is 0 Å². The van der Waals surface area contributed by atoms with Crippen molar-refractivity contribution < 1.29 is 28.2 Å². The molecule has 0 aliphatic carbocycles. The number of hydrogen-bond acceptors (Lipinski definition) is 5. The number of benzene rings is 1. The van der Waals surface area contributed by atoms with Gasteiger partial charge in [-0.2, -0.15) is 0 Å². The Bertz CT molecular complexity index is 607. The summed E-state index contributed by atoms with van der Waals surface area (Å²) in [6, 6.07) is 3.55. The molecule has 0 heterocycles. The molecule has 1 amide bonds. The van der Waals surface area contributed by atoms with E-state index in [2.05, 4.69) is 10.1 Å². The molecule has 134 valence electrons. The van der Waals surface area contributed by atoms with E-state index in [0.29, 0.717) is 0 Å². The summed E-state index contributed by atoms with van der Waals surface area (Å²) in [5.41, 5.74) is -1.41. The van der Waals surface area contributed by atoms with Crippen LogP contribution in [0.25, 0.3) is 0 Å². The summed E-state index contributed by atoms with van der Waals surface area (Å²) in [6.07, 6.45) is -0.580. The molecule has 1 aromatic rings. The molecule has 0 aliphatic rings. The fourth-order valence-corrected chi connectivity index (χ4v) is 1.77. The van der Waals surface area contributed by atoms with Crippen LogP contribution in [0.2, 0.25) is 0 Å². The number of carbonyl (C=O) groups is 2. The van der Waals surface area contributed by atoms with E-state index in [-0.39, 0.29) is 17.9 Å². The Morgan fingerprint density at radius 2 is 1.79 bits per heavy atom. The SMILES string of the molecule is COC(=O)c1cc(F)ccc1OCC(C)(C)NC(=O)OC(C)(C)C. The zero-order valence-corrected chi connectivity index (χ0v) is 14.9. The molecule has 0 saturated carbocycles. The van der Waals surface area contributed by atoms with Crippen LogP contribution in [0.15, 0.2) is 18.2 Å². The Hall–Kier alpha value is -2.31. The molecule has 0 aromatic heterocycles. The quantitative estimate of drug-likeness (QED) is 0.832. The summed E-state index contributed by atoms with van der Waals surface area (Å²) in [4.78, 5) is 23.5. The van der Waals surface area contributed by atoms with Crippen LogP contribution in [0.4, 0.5) is 9.18 Å². The average Bonchev–Trinajstić information content (AvgIpc) is 2.42. The Morgan fingerprint density at radius 1 is 1.17 bits per heavy atom. The average molecular weight is 341 g/mol. The summed E-state index contributed by atoms with van der Waals surface area (Å²) in [5.74, 6) is -1.11. The van der Waals surface area contributed by atoms with E-state index >= 15 is 0 Å². The van der Waals surface area contributed by atoms with Crippen LogP contribution in [0.5, 0.6) is 5.75 Å². The number of ether oxygens (including phenoxy) is 3. The molecule has 24 heavy (non-hydrogen) atoms. The first-order chi connectivity index (χ1) is 10.9. The van der Waals surface area contributed by atoms with Crippen molar-refractivity contribution in [2.75, 3.05) is 13.7 Å². The normalized spacial score (nSPS) is 11.6. The third kappa shape index (κ3) is 6.44. The number of rotatable bonds is 5. The van der Waals surface area contributed by atoms with Gasteiger partial charge in [0.1, 0.15) is 29.3 Å². The molecule has 0 radical (unpaired) electrons. The molecular weight excluding hydrogens is 317 g/mol.